The highest BCUT2D eigenvalue weighted by Crippen LogP contribution is 2.34. The Morgan fingerprint density at radius 2 is 2.43 bits per heavy atom. The number of methoxy groups -OCH3 is 1. The summed E-state index contributed by atoms with van der Waals surface area (Å²) in [6.07, 6.45) is 6.88. The fourth-order valence-electron chi connectivity index (χ4n) is 1.82. The van der Waals surface area contributed by atoms with Gasteiger partial charge in [-0.3, -0.25) is 0 Å². The van der Waals surface area contributed by atoms with Crippen molar-refractivity contribution in [3.05, 3.63) is 18.6 Å². The molecule has 1 fully saturated rings. The molecule has 1 N–H and O–H groups in total. The van der Waals surface area contributed by atoms with Gasteiger partial charge in [0, 0.05) is 13.3 Å². The molecule has 1 saturated carbocycles. The fourth-order valence-corrected chi connectivity index (χ4v) is 1.82. The van der Waals surface area contributed by atoms with Gasteiger partial charge >= 0.3 is 0 Å². The molecule has 2 rings (SSSR count). The van der Waals surface area contributed by atoms with Crippen molar-refractivity contribution >= 4 is 5.82 Å². The van der Waals surface area contributed by atoms with Crippen LogP contribution in [0.25, 0.3) is 0 Å². The third-order valence-corrected chi connectivity index (χ3v) is 2.71. The lowest BCUT2D eigenvalue weighted by molar-refractivity contribution is 0.0980. The smallest absolute Gasteiger partial charge is 0.129 e. The summed E-state index contributed by atoms with van der Waals surface area (Å²) in [6.45, 7) is 0.747. The zero-order valence-electron chi connectivity index (χ0n) is 8.36. The molecule has 4 nitrogen and oxygen atoms in total. The minimum atomic E-state index is 0.114. The summed E-state index contributed by atoms with van der Waals surface area (Å²) in [6, 6.07) is 1.88. The molecule has 0 amide bonds. The summed E-state index contributed by atoms with van der Waals surface area (Å²) in [7, 11) is 1.74. The minimum Gasteiger partial charge on any atom is -0.382 e. The van der Waals surface area contributed by atoms with E-state index in [0.717, 1.165) is 25.3 Å². The van der Waals surface area contributed by atoms with Gasteiger partial charge in [0.25, 0.3) is 0 Å². The molecule has 0 bridgehead atoms. The Hall–Kier alpha value is -1.16. The maximum absolute atomic E-state index is 5.22. The monoisotopic (exact) mass is 193 g/mol. The van der Waals surface area contributed by atoms with Gasteiger partial charge in [-0.15, -0.1) is 0 Å². The topological polar surface area (TPSA) is 47.0 Å². The van der Waals surface area contributed by atoms with Crippen LogP contribution in [0.3, 0.4) is 0 Å². The number of hydrogen-bond acceptors (Lipinski definition) is 4. The van der Waals surface area contributed by atoms with Crippen LogP contribution in [0, 0.1) is 0 Å². The normalized spacial score (nSPS) is 18.6. The van der Waals surface area contributed by atoms with Crippen LogP contribution in [0.15, 0.2) is 18.6 Å². The van der Waals surface area contributed by atoms with Crippen LogP contribution in [0.4, 0.5) is 5.82 Å². The molecular weight excluding hydrogens is 178 g/mol. The zero-order chi connectivity index (χ0) is 9.86. The predicted molar refractivity (Wildman–Crippen MR) is 54.1 cm³/mol. The van der Waals surface area contributed by atoms with Crippen LogP contribution in [-0.2, 0) is 4.74 Å². The van der Waals surface area contributed by atoms with Crippen LogP contribution in [0.1, 0.15) is 19.3 Å². The van der Waals surface area contributed by atoms with Crippen molar-refractivity contribution in [3.8, 4) is 0 Å². The molecule has 4 heteroatoms. The van der Waals surface area contributed by atoms with Gasteiger partial charge in [0.05, 0.1) is 12.1 Å². The second kappa shape index (κ2) is 3.92. The van der Waals surface area contributed by atoms with Crippen LogP contribution >= 0.6 is 0 Å². The third kappa shape index (κ3) is 1.85. The molecule has 1 aliphatic carbocycles. The first-order valence-electron chi connectivity index (χ1n) is 4.88. The molecule has 0 atom stereocenters. The van der Waals surface area contributed by atoms with E-state index in [1.807, 2.05) is 6.07 Å². The number of ether oxygens (including phenoxy) is 1. The molecular formula is C10H15N3O. The molecule has 0 radical (unpaired) electrons. The van der Waals surface area contributed by atoms with E-state index in [1.54, 1.807) is 19.6 Å². The second-order valence-electron chi connectivity index (χ2n) is 3.79. The molecule has 0 aliphatic heterocycles. The number of rotatable bonds is 4. The van der Waals surface area contributed by atoms with Crippen LogP contribution in [-0.4, -0.2) is 29.2 Å². The molecule has 1 aromatic heterocycles. The number of nitrogens with one attached hydrogen (secondary N) is 1. The molecule has 76 valence electrons. The molecule has 1 heterocycles. The van der Waals surface area contributed by atoms with Gasteiger partial charge in [0.1, 0.15) is 12.1 Å². The Morgan fingerprint density at radius 1 is 1.57 bits per heavy atom. The van der Waals surface area contributed by atoms with E-state index >= 15 is 0 Å². The standard InChI is InChI=1S/C10H15N3O/c1-14-7-10(4-2-5-10)13-9-3-6-11-8-12-9/h3,6,8H,2,4-5,7H2,1H3,(H,11,12,13). The Bertz CT molecular complexity index is 285. The maximum Gasteiger partial charge on any atom is 0.129 e. The van der Waals surface area contributed by atoms with E-state index in [1.165, 1.54) is 6.42 Å². The summed E-state index contributed by atoms with van der Waals surface area (Å²) in [5, 5.41) is 3.42. The SMILES string of the molecule is COCC1(Nc2ccncn2)CCC1. The van der Waals surface area contributed by atoms with E-state index in [0.29, 0.717) is 0 Å². The maximum atomic E-state index is 5.22. The van der Waals surface area contributed by atoms with Gasteiger partial charge in [-0.1, -0.05) is 0 Å². The predicted octanol–water partition coefficient (Wildman–Crippen LogP) is 1.46. The summed E-state index contributed by atoms with van der Waals surface area (Å²) in [5.74, 6) is 0.886. The van der Waals surface area contributed by atoms with Gasteiger partial charge in [-0.05, 0) is 25.3 Å². The first-order valence-corrected chi connectivity index (χ1v) is 4.88. The van der Waals surface area contributed by atoms with E-state index in [4.69, 9.17) is 4.74 Å². The first kappa shape index (κ1) is 9.40. The minimum absolute atomic E-state index is 0.114. The van der Waals surface area contributed by atoms with Crippen molar-refractivity contribution in [1.29, 1.82) is 0 Å². The van der Waals surface area contributed by atoms with Crippen molar-refractivity contribution in [2.75, 3.05) is 19.0 Å². The number of aromatic nitrogens is 2. The summed E-state index contributed by atoms with van der Waals surface area (Å²) < 4.78 is 5.22. The van der Waals surface area contributed by atoms with E-state index in [2.05, 4.69) is 15.3 Å². The van der Waals surface area contributed by atoms with Gasteiger partial charge in [0.2, 0.25) is 0 Å². The lowest BCUT2D eigenvalue weighted by Crippen LogP contribution is -2.49. The molecule has 1 aromatic rings. The van der Waals surface area contributed by atoms with Crippen molar-refractivity contribution in [3.63, 3.8) is 0 Å². The highest BCUT2D eigenvalue weighted by atomic mass is 16.5. The molecule has 14 heavy (non-hydrogen) atoms. The summed E-state index contributed by atoms with van der Waals surface area (Å²) in [4.78, 5) is 8.03. The van der Waals surface area contributed by atoms with Gasteiger partial charge in [-0.25, -0.2) is 9.97 Å². The first-order chi connectivity index (χ1) is 6.85. The molecule has 0 unspecified atom stereocenters. The van der Waals surface area contributed by atoms with Gasteiger partial charge < -0.3 is 10.1 Å². The van der Waals surface area contributed by atoms with Crippen molar-refractivity contribution < 1.29 is 4.74 Å². The van der Waals surface area contributed by atoms with Crippen molar-refractivity contribution in [1.82, 2.24) is 9.97 Å². The molecule has 1 aliphatic rings. The highest BCUT2D eigenvalue weighted by molar-refractivity contribution is 5.37. The number of hydrogen-bond donors (Lipinski definition) is 1. The van der Waals surface area contributed by atoms with Crippen LogP contribution in [0.2, 0.25) is 0 Å². The fraction of sp³-hybridized carbons (Fsp3) is 0.600. The average Bonchev–Trinajstić information content (AvgIpc) is 2.16. The highest BCUT2D eigenvalue weighted by Gasteiger charge is 2.37. The van der Waals surface area contributed by atoms with Crippen molar-refractivity contribution in [2.24, 2.45) is 0 Å². The molecule has 0 saturated heterocycles. The summed E-state index contributed by atoms with van der Waals surface area (Å²) in [5.41, 5.74) is 0.114. The van der Waals surface area contributed by atoms with Crippen LogP contribution in [0.5, 0.6) is 0 Å². The lowest BCUT2D eigenvalue weighted by atomic mass is 9.77. The largest absolute Gasteiger partial charge is 0.382 e. The van der Waals surface area contributed by atoms with Gasteiger partial charge in [0.15, 0.2) is 0 Å². The summed E-state index contributed by atoms with van der Waals surface area (Å²) >= 11 is 0. The third-order valence-electron chi connectivity index (χ3n) is 2.71. The Kier molecular flexibility index (Phi) is 2.63. The van der Waals surface area contributed by atoms with Gasteiger partial charge in [-0.2, -0.15) is 0 Å². The number of anilines is 1. The molecule has 0 spiro atoms. The van der Waals surface area contributed by atoms with E-state index in [-0.39, 0.29) is 5.54 Å². The van der Waals surface area contributed by atoms with Crippen LogP contribution < -0.4 is 5.32 Å². The Morgan fingerprint density at radius 3 is 2.93 bits per heavy atom. The van der Waals surface area contributed by atoms with E-state index in [9.17, 15) is 0 Å². The molecule has 0 aromatic carbocycles. The average molecular weight is 193 g/mol. The quantitative estimate of drug-likeness (QED) is 0.786. The van der Waals surface area contributed by atoms with E-state index < -0.39 is 0 Å². The zero-order valence-corrected chi connectivity index (χ0v) is 8.36. The Balaban J connectivity index is 2.01. The van der Waals surface area contributed by atoms with Crippen molar-refractivity contribution in [2.45, 2.75) is 24.8 Å². The Labute approximate surface area is 83.7 Å². The second-order valence-corrected chi connectivity index (χ2v) is 3.79. The number of nitrogens with zero attached hydrogens (tertiary/aromatic N) is 2. The lowest BCUT2D eigenvalue weighted by Gasteiger charge is -2.42.